The number of nitrogens with zero attached hydrogens (tertiary/aromatic N) is 2. The largest absolute Gasteiger partial charge is 0.480 e. The van der Waals surface area contributed by atoms with Gasteiger partial charge in [-0.2, -0.15) is 0 Å². The van der Waals surface area contributed by atoms with Gasteiger partial charge in [-0.25, -0.2) is 0 Å². The third-order valence-electron chi connectivity index (χ3n) is 1.60. The van der Waals surface area contributed by atoms with E-state index in [0.29, 0.717) is 23.7 Å². The van der Waals surface area contributed by atoms with Crippen molar-refractivity contribution in [1.29, 1.82) is 0 Å². The number of ether oxygens (including phenoxy) is 1. The van der Waals surface area contributed by atoms with Crippen molar-refractivity contribution in [3.05, 3.63) is 17.8 Å². The Morgan fingerprint density at radius 2 is 2.31 bits per heavy atom. The summed E-state index contributed by atoms with van der Waals surface area (Å²) < 4.78 is 4.88. The first-order chi connectivity index (χ1) is 7.72. The molecule has 0 radical (unpaired) electrons. The van der Waals surface area contributed by atoms with Gasteiger partial charge in [-0.3, -0.25) is 4.79 Å². The van der Waals surface area contributed by atoms with Crippen LogP contribution >= 0.6 is 11.8 Å². The van der Waals surface area contributed by atoms with Crippen molar-refractivity contribution in [2.45, 2.75) is 13.3 Å². The molecule has 0 spiro atoms. The third kappa shape index (κ3) is 4.80. The van der Waals surface area contributed by atoms with Crippen LogP contribution in [0.3, 0.4) is 0 Å². The first-order valence-corrected chi connectivity index (χ1v) is 5.71. The van der Waals surface area contributed by atoms with E-state index in [4.69, 9.17) is 4.74 Å². The molecule has 1 rings (SSSR count). The predicted molar refractivity (Wildman–Crippen MR) is 63.2 cm³/mol. The van der Waals surface area contributed by atoms with Crippen molar-refractivity contribution in [1.82, 2.24) is 10.2 Å². The molecule has 84 valence electrons. The molecule has 0 fully saturated rings. The molecule has 0 aliphatic rings. The van der Waals surface area contributed by atoms with E-state index in [1.165, 1.54) is 18.9 Å². The summed E-state index contributed by atoms with van der Waals surface area (Å²) in [7, 11) is 1.54. The number of hydrogen-bond donors (Lipinski definition) is 0. The minimum atomic E-state index is 0.117. The van der Waals surface area contributed by atoms with Crippen LogP contribution in [0, 0.1) is 11.8 Å². The predicted octanol–water partition coefficient (Wildman–Crippen LogP) is 1.51. The molecule has 4 nitrogen and oxygen atoms in total. The lowest BCUT2D eigenvalue weighted by Crippen LogP contribution is -1.91. The van der Waals surface area contributed by atoms with E-state index >= 15 is 0 Å². The topological polar surface area (TPSA) is 52.1 Å². The molecule has 16 heavy (non-hydrogen) atoms. The quantitative estimate of drug-likeness (QED) is 0.588. The summed E-state index contributed by atoms with van der Waals surface area (Å²) in [6.07, 6.45) is 0.665. The fourth-order valence-corrected chi connectivity index (χ4v) is 1.39. The molecular formula is C11H12N2O2S. The van der Waals surface area contributed by atoms with E-state index < -0.39 is 0 Å². The zero-order valence-corrected chi connectivity index (χ0v) is 10.0. The van der Waals surface area contributed by atoms with Crippen LogP contribution in [0.5, 0.6) is 5.88 Å². The lowest BCUT2D eigenvalue weighted by molar-refractivity contribution is -0.109. The molecule has 0 N–H and O–H groups in total. The monoisotopic (exact) mass is 236 g/mol. The molecular weight excluding hydrogens is 224 g/mol. The number of thioether (sulfide) groups is 1. The highest BCUT2D eigenvalue weighted by Crippen LogP contribution is 2.03. The molecule has 0 saturated carbocycles. The van der Waals surface area contributed by atoms with E-state index in [0.717, 1.165) is 0 Å². The van der Waals surface area contributed by atoms with Crippen LogP contribution in [0.25, 0.3) is 0 Å². The molecule has 0 aliphatic carbocycles. The second-order valence-electron chi connectivity index (χ2n) is 2.85. The Labute approximate surface area is 98.8 Å². The second-order valence-corrected chi connectivity index (χ2v) is 4.12. The zero-order chi connectivity index (χ0) is 11.8. The van der Waals surface area contributed by atoms with E-state index in [2.05, 4.69) is 22.0 Å². The van der Waals surface area contributed by atoms with Gasteiger partial charge in [0, 0.05) is 25.2 Å². The van der Waals surface area contributed by atoms with Gasteiger partial charge in [0.25, 0.3) is 0 Å². The molecule has 0 saturated heterocycles. The summed E-state index contributed by atoms with van der Waals surface area (Å²) in [6, 6.07) is 3.46. The van der Waals surface area contributed by atoms with Gasteiger partial charge >= 0.3 is 0 Å². The Balaban J connectivity index is 2.41. The number of methoxy groups -OCH3 is 1. The van der Waals surface area contributed by atoms with E-state index in [1.54, 1.807) is 19.1 Å². The van der Waals surface area contributed by atoms with Crippen LogP contribution in [0.15, 0.2) is 12.1 Å². The van der Waals surface area contributed by atoms with E-state index in [1.807, 2.05) is 0 Å². The average Bonchev–Trinajstić information content (AvgIpc) is 2.29. The Morgan fingerprint density at radius 1 is 1.50 bits per heavy atom. The molecule has 5 heteroatoms. The molecule has 1 aromatic rings. The summed E-state index contributed by atoms with van der Waals surface area (Å²) in [5.74, 6) is 6.98. The van der Waals surface area contributed by atoms with Crippen LogP contribution in [0.1, 0.15) is 19.0 Å². The average molecular weight is 236 g/mol. The maximum absolute atomic E-state index is 10.6. The molecule has 0 atom stereocenters. The minimum Gasteiger partial charge on any atom is -0.480 e. The Kier molecular flexibility index (Phi) is 5.37. The number of carbonyl (C=O) groups is 1. The molecule has 0 bridgehead atoms. The van der Waals surface area contributed by atoms with Gasteiger partial charge < -0.3 is 4.74 Å². The maximum Gasteiger partial charge on any atom is 0.233 e. The van der Waals surface area contributed by atoms with E-state index in [-0.39, 0.29) is 5.12 Å². The van der Waals surface area contributed by atoms with Crippen LogP contribution < -0.4 is 4.74 Å². The summed E-state index contributed by atoms with van der Waals surface area (Å²) in [4.78, 5) is 10.6. The molecule has 0 amide bonds. The maximum atomic E-state index is 10.6. The number of hydrogen-bond acceptors (Lipinski definition) is 5. The number of aromatic nitrogens is 2. The molecule has 1 aromatic heterocycles. The second kappa shape index (κ2) is 6.85. The van der Waals surface area contributed by atoms with Gasteiger partial charge in [0.1, 0.15) is 5.69 Å². The van der Waals surface area contributed by atoms with Gasteiger partial charge in [-0.1, -0.05) is 17.7 Å². The lowest BCUT2D eigenvalue weighted by Gasteiger charge is -1.94. The fraction of sp³-hybridized carbons (Fsp3) is 0.364. The van der Waals surface area contributed by atoms with Crippen molar-refractivity contribution in [3.8, 4) is 17.7 Å². The lowest BCUT2D eigenvalue weighted by atomic mass is 10.3. The van der Waals surface area contributed by atoms with Gasteiger partial charge in [0.15, 0.2) is 5.12 Å². The molecule has 1 heterocycles. The van der Waals surface area contributed by atoms with Crippen LogP contribution in [-0.4, -0.2) is 28.2 Å². The minimum absolute atomic E-state index is 0.117. The van der Waals surface area contributed by atoms with Crippen molar-refractivity contribution in [3.63, 3.8) is 0 Å². The highest BCUT2D eigenvalue weighted by Gasteiger charge is 1.93. The van der Waals surface area contributed by atoms with Crippen LogP contribution in [-0.2, 0) is 4.79 Å². The third-order valence-corrected chi connectivity index (χ3v) is 2.41. The first kappa shape index (κ1) is 12.5. The zero-order valence-electron chi connectivity index (χ0n) is 9.19. The van der Waals surface area contributed by atoms with E-state index in [9.17, 15) is 4.79 Å². The smallest absolute Gasteiger partial charge is 0.233 e. The highest BCUT2D eigenvalue weighted by atomic mass is 32.2. The standard InChI is InChI=1S/C11H12N2O2S/c1-9(14)16-8-4-3-5-10-6-7-11(15-2)13-12-10/h6-7H,4,8H2,1-2H3. The normalized spacial score (nSPS) is 9.12. The first-order valence-electron chi connectivity index (χ1n) is 4.72. The fourth-order valence-electron chi connectivity index (χ4n) is 0.894. The number of carbonyl (C=O) groups excluding carboxylic acids is 1. The summed E-state index contributed by atoms with van der Waals surface area (Å²) in [5.41, 5.74) is 0.605. The van der Waals surface area contributed by atoms with Crippen molar-refractivity contribution >= 4 is 16.9 Å². The Morgan fingerprint density at radius 3 is 2.88 bits per heavy atom. The Bertz CT molecular complexity index is 406. The Hall–Kier alpha value is -1.54. The van der Waals surface area contributed by atoms with Crippen molar-refractivity contribution in [2.24, 2.45) is 0 Å². The van der Waals surface area contributed by atoms with Crippen LogP contribution in [0.4, 0.5) is 0 Å². The molecule has 0 aliphatic heterocycles. The van der Waals surface area contributed by atoms with Gasteiger partial charge in [0.05, 0.1) is 7.11 Å². The number of rotatable bonds is 3. The van der Waals surface area contributed by atoms with Crippen molar-refractivity contribution < 1.29 is 9.53 Å². The molecule has 0 aromatic carbocycles. The van der Waals surface area contributed by atoms with Gasteiger partial charge in [0.2, 0.25) is 5.88 Å². The van der Waals surface area contributed by atoms with Gasteiger partial charge in [-0.05, 0) is 12.0 Å². The van der Waals surface area contributed by atoms with Crippen LogP contribution in [0.2, 0.25) is 0 Å². The molecule has 0 unspecified atom stereocenters. The summed E-state index contributed by atoms with van der Waals surface area (Å²) >= 11 is 1.28. The highest BCUT2D eigenvalue weighted by molar-refractivity contribution is 8.13. The van der Waals surface area contributed by atoms with Crippen molar-refractivity contribution in [2.75, 3.05) is 12.9 Å². The van der Waals surface area contributed by atoms with Gasteiger partial charge in [-0.15, -0.1) is 10.2 Å². The SMILES string of the molecule is COc1ccc(C#CCCSC(C)=O)nn1. The summed E-state index contributed by atoms with van der Waals surface area (Å²) in [6.45, 7) is 1.55. The summed E-state index contributed by atoms with van der Waals surface area (Å²) in [5, 5.41) is 7.77.